The number of hydrogen-bond donors (Lipinski definition) is 1. The van der Waals surface area contributed by atoms with Crippen LogP contribution in [0.5, 0.6) is 11.5 Å². The zero-order chi connectivity index (χ0) is 14.8. The number of benzene rings is 2. The zero-order valence-corrected chi connectivity index (χ0v) is 11.7. The Morgan fingerprint density at radius 1 is 1.19 bits per heavy atom. The van der Waals surface area contributed by atoms with Crippen molar-refractivity contribution in [2.24, 2.45) is 0 Å². The van der Waals surface area contributed by atoms with E-state index in [1.54, 1.807) is 24.3 Å². The number of phenols is 1. The van der Waals surface area contributed by atoms with Gasteiger partial charge in [0.05, 0.1) is 0 Å². The summed E-state index contributed by atoms with van der Waals surface area (Å²) in [4.78, 5) is 11.3. The van der Waals surface area contributed by atoms with Gasteiger partial charge in [0.2, 0.25) is 0 Å². The number of fused-ring (bicyclic) bond motifs is 1. The Morgan fingerprint density at radius 3 is 2.62 bits per heavy atom. The molecule has 108 valence electrons. The quantitative estimate of drug-likeness (QED) is 0.861. The van der Waals surface area contributed by atoms with Crippen molar-refractivity contribution in [1.82, 2.24) is 0 Å². The van der Waals surface area contributed by atoms with Gasteiger partial charge in [0.1, 0.15) is 17.6 Å². The lowest BCUT2D eigenvalue weighted by Crippen LogP contribution is -2.34. The predicted octanol–water partition coefficient (Wildman–Crippen LogP) is 3.00. The number of esters is 1. The average Bonchev–Trinajstić information content (AvgIpc) is 2.47. The summed E-state index contributed by atoms with van der Waals surface area (Å²) in [5, 5.41) is 9.40. The van der Waals surface area contributed by atoms with Crippen molar-refractivity contribution < 1.29 is 19.4 Å². The molecule has 1 N–H and O–H groups in total. The molecule has 3 rings (SSSR count). The minimum Gasteiger partial charge on any atom is -0.508 e. The number of carbonyl (C=O) groups excluding carboxylic acids is 1. The minimum atomic E-state index is -0.373. The highest BCUT2D eigenvalue weighted by molar-refractivity contribution is 5.66. The van der Waals surface area contributed by atoms with Crippen LogP contribution in [-0.2, 0) is 16.0 Å². The van der Waals surface area contributed by atoms with E-state index in [1.165, 1.54) is 6.92 Å². The van der Waals surface area contributed by atoms with Gasteiger partial charge in [0.25, 0.3) is 0 Å². The molecule has 2 aromatic carbocycles. The summed E-state index contributed by atoms with van der Waals surface area (Å²) in [6.45, 7) is 1.40. The lowest BCUT2D eigenvalue weighted by Gasteiger charge is -2.33. The van der Waals surface area contributed by atoms with E-state index >= 15 is 0 Å². The van der Waals surface area contributed by atoms with E-state index in [1.807, 2.05) is 24.3 Å². The van der Waals surface area contributed by atoms with Crippen molar-refractivity contribution in [3.63, 3.8) is 0 Å². The van der Waals surface area contributed by atoms with Gasteiger partial charge >= 0.3 is 5.97 Å². The largest absolute Gasteiger partial charge is 0.508 e. The summed E-state index contributed by atoms with van der Waals surface area (Å²) in [7, 11) is 0. The monoisotopic (exact) mass is 284 g/mol. The van der Waals surface area contributed by atoms with E-state index < -0.39 is 0 Å². The number of para-hydroxylation sites is 1. The van der Waals surface area contributed by atoms with Crippen molar-refractivity contribution in [3.05, 3.63) is 59.7 Å². The summed E-state index contributed by atoms with van der Waals surface area (Å²) in [5.74, 6) is 0.671. The fraction of sp³-hybridized carbons (Fsp3) is 0.235. The highest BCUT2D eigenvalue weighted by atomic mass is 16.6. The predicted molar refractivity (Wildman–Crippen MR) is 77.2 cm³/mol. The molecule has 4 nitrogen and oxygen atoms in total. The molecule has 1 heterocycles. The van der Waals surface area contributed by atoms with Crippen LogP contribution in [0.15, 0.2) is 48.5 Å². The van der Waals surface area contributed by atoms with Crippen molar-refractivity contribution in [2.75, 3.05) is 0 Å². The SMILES string of the molecule is CC(=O)O[C@H]1Cc2ccccc2O[C@H]1c1ccc(O)cc1. The molecule has 2 atom stereocenters. The van der Waals surface area contributed by atoms with Crippen LogP contribution in [0, 0.1) is 0 Å². The van der Waals surface area contributed by atoms with E-state index in [4.69, 9.17) is 9.47 Å². The van der Waals surface area contributed by atoms with E-state index in [9.17, 15) is 9.90 Å². The molecule has 0 amide bonds. The molecule has 0 unspecified atom stereocenters. The molecule has 21 heavy (non-hydrogen) atoms. The minimum absolute atomic E-state index is 0.194. The van der Waals surface area contributed by atoms with Crippen LogP contribution >= 0.6 is 0 Å². The second kappa shape index (κ2) is 5.48. The van der Waals surface area contributed by atoms with Gasteiger partial charge in [0, 0.05) is 13.3 Å². The van der Waals surface area contributed by atoms with Gasteiger partial charge in [-0.1, -0.05) is 30.3 Å². The molecule has 2 aromatic rings. The van der Waals surface area contributed by atoms with E-state index in [0.29, 0.717) is 6.42 Å². The number of carbonyl (C=O) groups is 1. The Labute approximate surface area is 122 Å². The summed E-state index contributed by atoms with van der Waals surface area (Å²) >= 11 is 0. The molecule has 0 saturated heterocycles. The van der Waals surface area contributed by atoms with Gasteiger partial charge in [-0.15, -0.1) is 0 Å². The summed E-state index contributed by atoms with van der Waals surface area (Å²) in [6, 6.07) is 14.5. The van der Waals surface area contributed by atoms with E-state index in [2.05, 4.69) is 0 Å². The maximum Gasteiger partial charge on any atom is 0.303 e. The second-order valence-electron chi connectivity index (χ2n) is 5.09. The first kappa shape index (κ1) is 13.5. The van der Waals surface area contributed by atoms with Gasteiger partial charge in [-0.2, -0.15) is 0 Å². The van der Waals surface area contributed by atoms with Crippen LogP contribution < -0.4 is 4.74 Å². The van der Waals surface area contributed by atoms with Crippen molar-refractivity contribution in [3.8, 4) is 11.5 Å². The molecule has 4 heteroatoms. The number of rotatable bonds is 2. The Bertz CT molecular complexity index is 648. The molecule has 0 aromatic heterocycles. The third-order valence-electron chi connectivity index (χ3n) is 3.52. The number of aromatic hydroxyl groups is 1. The molecule has 0 spiro atoms. The molecule has 0 bridgehead atoms. The lowest BCUT2D eigenvalue weighted by atomic mass is 9.94. The number of phenolic OH excluding ortho intramolecular Hbond substituents is 1. The maximum absolute atomic E-state index is 11.3. The van der Waals surface area contributed by atoms with Crippen molar-refractivity contribution in [1.29, 1.82) is 0 Å². The van der Waals surface area contributed by atoms with Crippen LogP contribution in [0.4, 0.5) is 0 Å². The molecular formula is C17H16O4. The molecule has 0 radical (unpaired) electrons. The topological polar surface area (TPSA) is 55.8 Å². The average molecular weight is 284 g/mol. The Morgan fingerprint density at radius 2 is 1.90 bits per heavy atom. The Balaban J connectivity index is 1.95. The van der Waals surface area contributed by atoms with Crippen molar-refractivity contribution >= 4 is 5.97 Å². The van der Waals surface area contributed by atoms with Gasteiger partial charge < -0.3 is 14.6 Å². The van der Waals surface area contributed by atoms with Gasteiger partial charge in [-0.05, 0) is 29.3 Å². The Kier molecular flexibility index (Phi) is 3.52. The molecule has 0 fully saturated rings. The van der Waals surface area contributed by atoms with Crippen LogP contribution in [0.25, 0.3) is 0 Å². The summed E-state index contributed by atoms with van der Waals surface area (Å²) in [5.41, 5.74) is 1.90. The number of hydrogen-bond acceptors (Lipinski definition) is 4. The van der Waals surface area contributed by atoms with Crippen LogP contribution in [0.1, 0.15) is 24.2 Å². The van der Waals surface area contributed by atoms with Crippen LogP contribution in [0.2, 0.25) is 0 Å². The second-order valence-corrected chi connectivity index (χ2v) is 5.09. The van der Waals surface area contributed by atoms with Gasteiger partial charge in [-0.3, -0.25) is 4.79 Å². The third-order valence-corrected chi connectivity index (χ3v) is 3.52. The molecule has 0 saturated carbocycles. The first-order valence-electron chi connectivity index (χ1n) is 6.84. The fourth-order valence-electron chi connectivity index (χ4n) is 2.59. The maximum atomic E-state index is 11.3. The standard InChI is InChI=1S/C17H16O4/c1-11(18)20-16-10-13-4-2-3-5-15(13)21-17(16)12-6-8-14(19)9-7-12/h2-9,16-17,19H,10H2,1H3/t16-,17-/m0/s1. The van der Waals surface area contributed by atoms with Gasteiger partial charge in [0.15, 0.2) is 6.10 Å². The van der Waals surface area contributed by atoms with Gasteiger partial charge in [-0.25, -0.2) is 0 Å². The van der Waals surface area contributed by atoms with Crippen molar-refractivity contribution in [2.45, 2.75) is 25.6 Å². The molecule has 1 aliphatic rings. The molecule has 1 aliphatic heterocycles. The fourth-order valence-corrected chi connectivity index (χ4v) is 2.59. The van der Waals surface area contributed by atoms with Crippen LogP contribution in [-0.4, -0.2) is 17.2 Å². The highest BCUT2D eigenvalue weighted by Crippen LogP contribution is 2.36. The first-order chi connectivity index (χ1) is 10.1. The number of ether oxygens (including phenoxy) is 2. The smallest absolute Gasteiger partial charge is 0.303 e. The normalized spacial score (nSPS) is 20.2. The summed E-state index contributed by atoms with van der Waals surface area (Å²) in [6.07, 6.45) is -0.132. The third kappa shape index (κ3) is 2.84. The van der Waals surface area contributed by atoms with E-state index in [0.717, 1.165) is 16.9 Å². The van der Waals surface area contributed by atoms with E-state index in [-0.39, 0.29) is 23.9 Å². The highest BCUT2D eigenvalue weighted by Gasteiger charge is 2.33. The Hall–Kier alpha value is -2.49. The first-order valence-corrected chi connectivity index (χ1v) is 6.84. The lowest BCUT2D eigenvalue weighted by molar-refractivity contribution is -0.152. The molecule has 0 aliphatic carbocycles. The van der Waals surface area contributed by atoms with Crippen LogP contribution in [0.3, 0.4) is 0 Å². The molecular weight excluding hydrogens is 268 g/mol. The summed E-state index contributed by atoms with van der Waals surface area (Å²) < 4.78 is 11.4. The zero-order valence-electron chi connectivity index (χ0n) is 11.7.